The number of carboxylic acids is 1. The molecule has 3 aromatic heterocycles. The first kappa shape index (κ1) is 28.0. The van der Waals surface area contributed by atoms with Crippen molar-refractivity contribution in [1.82, 2.24) is 19.1 Å². The van der Waals surface area contributed by atoms with Gasteiger partial charge in [-0.1, -0.05) is 19.8 Å². The molecule has 2 N–H and O–H groups in total. The van der Waals surface area contributed by atoms with Gasteiger partial charge in [0.05, 0.1) is 17.3 Å². The number of carboxylic acid groups (broad SMARTS) is 1. The van der Waals surface area contributed by atoms with Crippen LogP contribution in [0.25, 0.3) is 0 Å². The van der Waals surface area contributed by atoms with Crippen molar-refractivity contribution in [3.05, 3.63) is 68.9 Å². The Bertz CT molecular complexity index is 1460. The van der Waals surface area contributed by atoms with Crippen LogP contribution in [0.2, 0.25) is 0 Å². The van der Waals surface area contributed by atoms with Gasteiger partial charge in [0.1, 0.15) is 17.5 Å². The number of nitrogens with one attached hydrogen (secondary N) is 1. The summed E-state index contributed by atoms with van der Waals surface area (Å²) in [5.41, 5.74) is -1.94. The Hall–Kier alpha value is -4.02. The van der Waals surface area contributed by atoms with Gasteiger partial charge in [0.15, 0.2) is 5.75 Å². The molecule has 0 unspecified atom stereocenters. The predicted octanol–water partition coefficient (Wildman–Crippen LogP) is 4.72. The third-order valence-corrected chi connectivity index (χ3v) is 7.20. The third kappa shape index (κ3) is 6.71. The van der Waals surface area contributed by atoms with E-state index in [1.807, 2.05) is 0 Å². The van der Waals surface area contributed by atoms with Crippen molar-refractivity contribution in [2.75, 3.05) is 5.32 Å². The maximum absolute atomic E-state index is 13.6. The van der Waals surface area contributed by atoms with E-state index < -0.39 is 28.5 Å². The lowest BCUT2D eigenvalue weighted by molar-refractivity contribution is -0.147. The zero-order chi connectivity index (χ0) is 28.3. The first-order valence-electron chi connectivity index (χ1n) is 13.0. The van der Waals surface area contributed by atoms with Gasteiger partial charge < -0.3 is 15.2 Å². The lowest BCUT2D eigenvalue weighted by Gasteiger charge is -2.28. The fourth-order valence-electron chi connectivity index (χ4n) is 4.67. The largest absolute Gasteiger partial charge is 0.481 e. The van der Waals surface area contributed by atoms with Gasteiger partial charge in [-0.15, -0.1) is 0 Å². The Balaban J connectivity index is 1.66. The molecule has 10 nitrogen and oxygen atoms in total. The standard InChI is InChI=1S/C28H34FN5O5/c1-17-5-7-19(8-6-17)15-33-23(13-25(35)34(27(33)38)16-28(3,4)26(36)37)32-22-11-10-21(18(2)31-22)39-24-12-9-20(29)14-30-24/h9-14,17,19H,5-8,15-16H2,1-4H3,(H,31,32)(H,36,37). The maximum atomic E-state index is 13.6. The number of aryl methyl sites for hydroxylation is 1. The first-order chi connectivity index (χ1) is 18.4. The maximum Gasteiger partial charge on any atom is 0.332 e. The van der Waals surface area contributed by atoms with Crippen molar-refractivity contribution in [2.24, 2.45) is 17.3 Å². The molecule has 1 saturated carbocycles. The van der Waals surface area contributed by atoms with Crippen LogP contribution in [0.4, 0.5) is 16.0 Å². The van der Waals surface area contributed by atoms with Crippen LogP contribution in [-0.2, 0) is 17.9 Å². The fraction of sp³-hybridized carbons (Fsp3) is 0.464. The summed E-state index contributed by atoms with van der Waals surface area (Å²) in [6, 6.07) is 7.27. The number of anilines is 2. The van der Waals surface area contributed by atoms with E-state index in [2.05, 4.69) is 22.2 Å². The summed E-state index contributed by atoms with van der Waals surface area (Å²) in [5.74, 6) is 0.630. The topological polar surface area (TPSA) is 128 Å². The molecule has 1 aliphatic rings. The van der Waals surface area contributed by atoms with Crippen LogP contribution in [0.3, 0.4) is 0 Å². The van der Waals surface area contributed by atoms with Crippen molar-refractivity contribution in [3.8, 4) is 11.6 Å². The van der Waals surface area contributed by atoms with Crippen LogP contribution >= 0.6 is 0 Å². The van der Waals surface area contributed by atoms with Crippen molar-refractivity contribution in [2.45, 2.75) is 66.5 Å². The quantitative estimate of drug-likeness (QED) is 0.400. The van der Waals surface area contributed by atoms with E-state index in [1.165, 1.54) is 36.6 Å². The first-order valence-corrected chi connectivity index (χ1v) is 13.0. The molecule has 11 heteroatoms. The van der Waals surface area contributed by atoms with Crippen LogP contribution in [0, 0.1) is 30.0 Å². The molecule has 3 heterocycles. The molecule has 1 aliphatic carbocycles. The van der Waals surface area contributed by atoms with Gasteiger partial charge in [0.2, 0.25) is 5.88 Å². The second-order valence-electron chi connectivity index (χ2n) is 11.0. The number of halogens is 1. The van der Waals surface area contributed by atoms with Crippen LogP contribution in [0.15, 0.2) is 46.1 Å². The van der Waals surface area contributed by atoms with E-state index in [1.54, 1.807) is 19.1 Å². The van der Waals surface area contributed by atoms with Crippen LogP contribution in [-0.4, -0.2) is 30.2 Å². The van der Waals surface area contributed by atoms with Crippen molar-refractivity contribution in [3.63, 3.8) is 0 Å². The number of hydrogen-bond acceptors (Lipinski definition) is 7. The van der Waals surface area contributed by atoms with Gasteiger partial charge in [0.25, 0.3) is 5.56 Å². The Morgan fingerprint density at radius 3 is 2.49 bits per heavy atom. The Morgan fingerprint density at radius 2 is 1.87 bits per heavy atom. The number of carbonyl (C=O) groups is 1. The Kier molecular flexibility index (Phi) is 8.17. The van der Waals surface area contributed by atoms with Crippen molar-refractivity contribution >= 4 is 17.6 Å². The molecule has 0 aromatic carbocycles. The second-order valence-corrected chi connectivity index (χ2v) is 11.0. The number of rotatable bonds is 9. The summed E-state index contributed by atoms with van der Waals surface area (Å²) in [6.45, 7) is 7.07. The van der Waals surface area contributed by atoms with Gasteiger partial charge >= 0.3 is 11.7 Å². The third-order valence-electron chi connectivity index (χ3n) is 7.20. The molecule has 0 atom stereocenters. The summed E-state index contributed by atoms with van der Waals surface area (Å²) < 4.78 is 21.4. The molecule has 0 spiro atoms. The molecule has 0 radical (unpaired) electrons. The smallest absolute Gasteiger partial charge is 0.332 e. The summed E-state index contributed by atoms with van der Waals surface area (Å²) in [6.07, 6.45) is 5.12. The minimum Gasteiger partial charge on any atom is -0.481 e. The highest BCUT2D eigenvalue weighted by Gasteiger charge is 2.30. The summed E-state index contributed by atoms with van der Waals surface area (Å²) in [5, 5.41) is 12.7. The Morgan fingerprint density at radius 1 is 1.15 bits per heavy atom. The number of nitrogens with zero attached hydrogens (tertiary/aromatic N) is 4. The van der Waals surface area contributed by atoms with Gasteiger partial charge in [-0.05, 0) is 63.6 Å². The van der Waals surface area contributed by atoms with E-state index >= 15 is 0 Å². The van der Waals surface area contributed by atoms with Gasteiger partial charge in [-0.3, -0.25) is 18.7 Å². The van der Waals surface area contributed by atoms with E-state index in [0.717, 1.165) is 36.4 Å². The minimum atomic E-state index is -1.30. The number of aliphatic carboxylic acids is 1. The van der Waals surface area contributed by atoms with E-state index in [0.29, 0.717) is 29.7 Å². The monoisotopic (exact) mass is 539 g/mol. The lowest BCUT2D eigenvalue weighted by Crippen LogP contribution is -2.45. The summed E-state index contributed by atoms with van der Waals surface area (Å²) >= 11 is 0. The average Bonchev–Trinajstić information content (AvgIpc) is 2.88. The summed E-state index contributed by atoms with van der Waals surface area (Å²) in [4.78, 5) is 46.7. The molecule has 208 valence electrons. The Labute approximate surface area is 225 Å². The molecular weight excluding hydrogens is 505 g/mol. The number of aromatic nitrogens is 4. The fourth-order valence-corrected chi connectivity index (χ4v) is 4.67. The molecular formula is C28H34FN5O5. The van der Waals surface area contributed by atoms with Gasteiger partial charge in [-0.2, -0.15) is 0 Å². The second kappa shape index (κ2) is 11.4. The SMILES string of the molecule is Cc1nc(Nc2cc(=O)n(CC(C)(C)C(=O)O)c(=O)n2CC2CCC(C)CC2)ccc1Oc1ccc(F)cn1. The van der Waals surface area contributed by atoms with Gasteiger partial charge in [-0.25, -0.2) is 19.2 Å². The van der Waals surface area contributed by atoms with Crippen molar-refractivity contribution < 1.29 is 19.0 Å². The zero-order valence-corrected chi connectivity index (χ0v) is 22.6. The molecule has 0 bridgehead atoms. The minimum absolute atomic E-state index is 0.213. The van der Waals surface area contributed by atoms with E-state index in [9.17, 15) is 23.9 Å². The molecule has 39 heavy (non-hydrogen) atoms. The van der Waals surface area contributed by atoms with Crippen LogP contribution < -0.4 is 21.3 Å². The average molecular weight is 540 g/mol. The molecule has 0 aliphatic heterocycles. The lowest BCUT2D eigenvalue weighted by atomic mass is 9.83. The van der Waals surface area contributed by atoms with Crippen molar-refractivity contribution in [1.29, 1.82) is 0 Å². The van der Waals surface area contributed by atoms with Crippen LogP contribution in [0.5, 0.6) is 11.6 Å². The molecule has 4 rings (SSSR count). The highest BCUT2D eigenvalue weighted by atomic mass is 19.1. The predicted molar refractivity (Wildman–Crippen MR) is 144 cm³/mol. The zero-order valence-electron chi connectivity index (χ0n) is 22.6. The normalized spacial score (nSPS) is 17.6. The van der Waals surface area contributed by atoms with Gasteiger partial charge in [0, 0.05) is 25.2 Å². The molecule has 0 saturated heterocycles. The number of hydrogen-bond donors (Lipinski definition) is 2. The van der Waals surface area contributed by atoms with E-state index in [4.69, 9.17) is 4.74 Å². The van der Waals surface area contributed by atoms with Crippen LogP contribution in [0.1, 0.15) is 52.1 Å². The molecule has 0 amide bonds. The molecule has 1 fully saturated rings. The number of pyridine rings is 2. The number of ether oxygens (including phenoxy) is 1. The highest BCUT2D eigenvalue weighted by molar-refractivity contribution is 5.73. The highest BCUT2D eigenvalue weighted by Crippen LogP contribution is 2.30. The molecule has 3 aromatic rings. The van der Waals surface area contributed by atoms with E-state index in [-0.39, 0.29) is 24.2 Å². The summed E-state index contributed by atoms with van der Waals surface area (Å²) in [7, 11) is 0.